The van der Waals surface area contributed by atoms with Gasteiger partial charge in [-0.25, -0.2) is 14.4 Å². The lowest BCUT2D eigenvalue weighted by atomic mass is 10.3. The molecule has 7 heteroatoms. The molecule has 2 aromatic heterocycles. The van der Waals surface area contributed by atoms with E-state index in [1.165, 1.54) is 36.0 Å². The largest absolute Gasteiger partial charge is 0.451 e. The molecule has 1 N–H and O–H groups in total. The van der Waals surface area contributed by atoms with Crippen molar-refractivity contribution in [3.8, 4) is 11.5 Å². The predicted molar refractivity (Wildman–Crippen MR) is 78.4 cm³/mol. The zero-order valence-electron chi connectivity index (χ0n) is 11.0. The van der Waals surface area contributed by atoms with Gasteiger partial charge in [0.25, 0.3) is 5.56 Å². The fourth-order valence-electron chi connectivity index (χ4n) is 1.79. The Morgan fingerprint density at radius 1 is 1.33 bits per heavy atom. The fraction of sp³-hybridized carbons (Fsp3) is 0.0714. The van der Waals surface area contributed by atoms with E-state index < -0.39 is 11.4 Å². The molecule has 21 heavy (non-hydrogen) atoms. The van der Waals surface area contributed by atoms with Gasteiger partial charge in [0, 0.05) is 17.6 Å². The van der Waals surface area contributed by atoms with Crippen LogP contribution in [0.4, 0.5) is 4.39 Å². The van der Waals surface area contributed by atoms with Crippen LogP contribution >= 0.6 is 11.8 Å². The van der Waals surface area contributed by atoms with Gasteiger partial charge in [0.15, 0.2) is 10.9 Å². The van der Waals surface area contributed by atoms with Crippen LogP contribution in [0.1, 0.15) is 0 Å². The average Bonchev–Trinajstić information content (AvgIpc) is 2.47. The van der Waals surface area contributed by atoms with Gasteiger partial charge >= 0.3 is 0 Å². The summed E-state index contributed by atoms with van der Waals surface area (Å²) < 4.78 is 18.5. The summed E-state index contributed by atoms with van der Waals surface area (Å²) in [6, 6.07) is 7.11. The van der Waals surface area contributed by atoms with E-state index in [9.17, 15) is 9.18 Å². The van der Waals surface area contributed by atoms with Crippen molar-refractivity contribution in [3.63, 3.8) is 0 Å². The maximum Gasteiger partial charge on any atom is 0.292 e. The number of rotatable bonds is 3. The van der Waals surface area contributed by atoms with Gasteiger partial charge in [-0.1, -0.05) is 17.8 Å². The summed E-state index contributed by atoms with van der Waals surface area (Å²) in [4.78, 5) is 22.9. The van der Waals surface area contributed by atoms with Crippen molar-refractivity contribution >= 4 is 22.8 Å². The van der Waals surface area contributed by atoms with E-state index in [1.807, 2.05) is 6.26 Å². The Hall–Kier alpha value is -2.41. The van der Waals surface area contributed by atoms with Crippen molar-refractivity contribution < 1.29 is 9.13 Å². The first-order chi connectivity index (χ1) is 10.2. The normalized spacial score (nSPS) is 10.8. The summed E-state index contributed by atoms with van der Waals surface area (Å²) in [7, 11) is 0. The molecule has 0 atom stereocenters. The number of hydrogen-bond donors (Lipinski definition) is 1. The van der Waals surface area contributed by atoms with Crippen LogP contribution in [0.15, 0.2) is 46.5 Å². The maximum atomic E-state index is 13.1. The van der Waals surface area contributed by atoms with E-state index in [2.05, 4.69) is 15.0 Å². The second-order valence-corrected chi connectivity index (χ2v) is 4.96. The Bertz CT molecular complexity index is 866. The highest BCUT2D eigenvalue weighted by atomic mass is 32.2. The van der Waals surface area contributed by atoms with Crippen molar-refractivity contribution in [2.24, 2.45) is 0 Å². The van der Waals surface area contributed by atoms with E-state index in [1.54, 1.807) is 12.3 Å². The minimum Gasteiger partial charge on any atom is -0.451 e. The minimum absolute atomic E-state index is 0.0635. The molecule has 0 amide bonds. The Kier molecular flexibility index (Phi) is 3.57. The number of pyridine rings is 1. The van der Waals surface area contributed by atoms with Gasteiger partial charge in [-0.05, 0) is 24.5 Å². The van der Waals surface area contributed by atoms with Crippen molar-refractivity contribution in [3.05, 3.63) is 52.7 Å². The molecule has 5 nitrogen and oxygen atoms in total. The topological polar surface area (TPSA) is 67.9 Å². The van der Waals surface area contributed by atoms with Crippen LogP contribution in [0.25, 0.3) is 11.0 Å². The summed E-state index contributed by atoms with van der Waals surface area (Å²) in [5.41, 5.74) is 0.00320. The number of aromatic nitrogens is 3. The second kappa shape index (κ2) is 5.53. The number of halogens is 1. The number of aromatic amines is 1. The molecule has 1 aromatic carbocycles. The first-order valence-electron chi connectivity index (χ1n) is 6.03. The lowest BCUT2D eigenvalue weighted by Gasteiger charge is -2.06. The highest BCUT2D eigenvalue weighted by Gasteiger charge is 2.08. The molecular weight excluding hydrogens is 293 g/mol. The van der Waals surface area contributed by atoms with Gasteiger partial charge in [0.1, 0.15) is 17.2 Å². The standard InChI is InChI=1S/C14H10FN3O2S/c1-21-14-16-7-8-5-11(13(19)17-12(8)18-14)20-10-4-2-3-9(15)6-10/h2-7H,1H3,(H,16,17,18,19). The smallest absolute Gasteiger partial charge is 0.292 e. The van der Waals surface area contributed by atoms with Crippen LogP contribution in [0.5, 0.6) is 11.5 Å². The molecule has 3 rings (SSSR count). The lowest BCUT2D eigenvalue weighted by molar-refractivity contribution is 0.470. The van der Waals surface area contributed by atoms with Crippen LogP contribution in [0.2, 0.25) is 0 Å². The van der Waals surface area contributed by atoms with Crippen LogP contribution in [0.3, 0.4) is 0 Å². The van der Waals surface area contributed by atoms with E-state index in [0.717, 1.165) is 0 Å². The number of thioether (sulfide) groups is 1. The highest BCUT2D eigenvalue weighted by Crippen LogP contribution is 2.21. The number of benzene rings is 1. The van der Waals surface area contributed by atoms with Gasteiger partial charge in [0.2, 0.25) is 0 Å². The molecule has 0 saturated carbocycles. The minimum atomic E-state index is -0.433. The van der Waals surface area contributed by atoms with Gasteiger partial charge in [0.05, 0.1) is 0 Å². The third kappa shape index (κ3) is 2.87. The number of H-pyrrole nitrogens is 1. The predicted octanol–water partition coefficient (Wildman–Crippen LogP) is 2.97. The van der Waals surface area contributed by atoms with Crippen LogP contribution < -0.4 is 10.3 Å². The zero-order valence-corrected chi connectivity index (χ0v) is 11.8. The quantitative estimate of drug-likeness (QED) is 0.595. The van der Waals surface area contributed by atoms with E-state index in [4.69, 9.17) is 4.74 Å². The molecule has 0 unspecified atom stereocenters. The maximum absolute atomic E-state index is 13.1. The Morgan fingerprint density at radius 3 is 2.95 bits per heavy atom. The molecule has 3 aromatic rings. The molecule has 0 spiro atoms. The number of ether oxygens (including phenoxy) is 1. The molecule has 0 radical (unpaired) electrons. The molecule has 0 fully saturated rings. The Labute approximate surface area is 123 Å². The van der Waals surface area contributed by atoms with E-state index in [0.29, 0.717) is 16.2 Å². The van der Waals surface area contributed by atoms with Gasteiger partial charge in [-0.2, -0.15) is 0 Å². The molecule has 106 valence electrons. The second-order valence-electron chi connectivity index (χ2n) is 4.18. The summed E-state index contributed by atoms with van der Waals surface area (Å²) in [6.07, 6.45) is 3.45. The van der Waals surface area contributed by atoms with Crippen molar-refractivity contribution in [2.75, 3.05) is 6.26 Å². The molecule has 2 heterocycles. The Balaban J connectivity index is 2.03. The van der Waals surface area contributed by atoms with Crippen molar-refractivity contribution in [1.29, 1.82) is 0 Å². The monoisotopic (exact) mass is 303 g/mol. The Morgan fingerprint density at radius 2 is 2.19 bits per heavy atom. The van der Waals surface area contributed by atoms with Gasteiger partial charge in [-0.3, -0.25) is 4.79 Å². The van der Waals surface area contributed by atoms with Gasteiger partial charge < -0.3 is 9.72 Å². The number of hydrogen-bond acceptors (Lipinski definition) is 5. The zero-order chi connectivity index (χ0) is 14.8. The number of fused-ring (bicyclic) bond motifs is 1. The summed E-state index contributed by atoms with van der Waals surface area (Å²) in [6.45, 7) is 0. The van der Waals surface area contributed by atoms with Crippen LogP contribution in [-0.2, 0) is 0 Å². The molecule has 0 aliphatic rings. The molecule has 0 bridgehead atoms. The van der Waals surface area contributed by atoms with Crippen LogP contribution in [0, 0.1) is 5.82 Å². The highest BCUT2D eigenvalue weighted by molar-refractivity contribution is 7.98. The average molecular weight is 303 g/mol. The SMILES string of the molecule is CSc1ncc2cc(Oc3cccc(F)c3)c(=O)[nH]c2n1. The molecule has 0 aliphatic carbocycles. The lowest BCUT2D eigenvalue weighted by Crippen LogP contribution is -2.09. The van der Waals surface area contributed by atoms with Crippen molar-refractivity contribution in [2.45, 2.75) is 5.16 Å². The fourth-order valence-corrected chi connectivity index (χ4v) is 2.13. The molecule has 0 saturated heterocycles. The first-order valence-corrected chi connectivity index (χ1v) is 7.25. The third-order valence-corrected chi connectivity index (χ3v) is 3.31. The van der Waals surface area contributed by atoms with Crippen molar-refractivity contribution in [1.82, 2.24) is 15.0 Å². The summed E-state index contributed by atoms with van der Waals surface area (Å²) >= 11 is 1.38. The van der Waals surface area contributed by atoms with Gasteiger partial charge in [-0.15, -0.1) is 0 Å². The molecule has 0 aliphatic heterocycles. The third-order valence-electron chi connectivity index (χ3n) is 2.74. The van der Waals surface area contributed by atoms with E-state index >= 15 is 0 Å². The number of nitrogens with one attached hydrogen (secondary N) is 1. The number of nitrogens with zero attached hydrogens (tertiary/aromatic N) is 2. The van der Waals surface area contributed by atoms with E-state index in [-0.39, 0.29) is 11.5 Å². The first kappa shape index (κ1) is 13.6. The summed E-state index contributed by atoms with van der Waals surface area (Å²) in [5.74, 6) is -0.118. The summed E-state index contributed by atoms with van der Waals surface area (Å²) in [5, 5.41) is 1.20. The van der Waals surface area contributed by atoms with Crippen LogP contribution in [-0.4, -0.2) is 21.2 Å². The molecular formula is C14H10FN3O2S.